The van der Waals surface area contributed by atoms with E-state index in [1.807, 2.05) is 49.4 Å². The van der Waals surface area contributed by atoms with Gasteiger partial charge in [-0.1, -0.05) is 48.6 Å². The molecule has 3 amide bonds. The number of ether oxygens (including phenoxy) is 1. The predicted molar refractivity (Wildman–Crippen MR) is 120 cm³/mol. The van der Waals surface area contributed by atoms with Gasteiger partial charge in [-0.25, -0.2) is 9.69 Å². The molecule has 1 saturated heterocycles. The normalized spacial score (nSPS) is 25.8. The van der Waals surface area contributed by atoms with Gasteiger partial charge >= 0.3 is 5.97 Å². The molecule has 2 aromatic carbocycles. The lowest BCUT2D eigenvalue weighted by Gasteiger charge is -2.18. The number of esters is 1. The first-order valence-corrected chi connectivity index (χ1v) is 11.1. The first kappa shape index (κ1) is 21.1. The maximum absolute atomic E-state index is 13.0. The first-order chi connectivity index (χ1) is 15.9. The molecule has 0 spiro atoms. The lowest BCUT2D eigenvalue weighted by molar-refractivity contribution is -0.125. The molecule has 7 nitrogen and oxygen atoms in total. The quantitative estimate of drug-likeness (QED) is 0.420. The van der Waals surface area contributed by atoms with E-state index >= 15 is 0 Å². The van der Waals surface area contributed by atoms with E-state index in [1.54, 1.807) is 12.1 Å². The molecule has 33 heavy (non-hydrogen) atoms. The molecule has 5 atom stereocenters. The summed E-state index contributed by atoms with van der Waals surface area (Å²) in [5, 5.41) is 2.79. The number of fused-ring (bicyclic) bond motifs is 5. The fourth-order valence-electron chi connectivity index (χ4n) is 5.25. The maximum atomic E-state index is 13.0. The third-order valence-corrected chi connectivity index (χ3v) is 6.82. The fraction of sp³-hybridized carbons (Fsp3) is 0.308. The Bertz CT molecular complexity index is 1130. The number of nitrogens with zero attached hydrogens (tertiary/aromatic N) is 1. The van der Waals surface area contributed by atoms with Crippen molar-refractivity contribution in [2.45, 2.75) is 19.4 Å². The second-order valence-corrected chi connectivity index (χ2v) is 8.84. The highest BCUT2D eigenvalue weighted by molar-refractivity contribution is 6.23. The summed E-state index contributed by atoms with van der Waals surface area (Å²) in [4.78, 5) is 52.0. The summed E-state index contributed by atoms with van der Waals surface area (Å²) >= 11 is 0. The van der Waals surface area contributed by atoms with Crippen molar-refractivity contribution >= 4 is 29.4 Å². The van der Waals surface area contributed by atoms with Crippen LogP contribution in [0.5, 0.6) is 0 Å². The van der Waals surface area contributed by atoms with Crippen molar-refractivity contribution < 1.29 is 23.9 Å². The number of amides is 3. The van der Waals surface area contributed by atoms with Crippen molar-refractivity contribution in [3.8, 4) is 0 Å². The molecule has 0 unspecified atom stereocenters. The van der Waals surface area contributed by atoms with Crippen molar-refractivity contribution in [1.29, 1.82) is 0 Å². The number of allylic oxidation sites excluding steroid dienone is 2. The van der Waals surface area contributed by atoms with Gasteiger partial charge in [0.25, 0.3) is 5.91 Å². The number of benzene rings is 2. The molecule has 3 aliphatic rings. The molecule has 2 bridgehead atoms. The summed E-state index contributed by atoms with van der Waals surface area (Å²) in [5.41, 5.74) is 1.48. The molecule has 1 N–H and O–H groups in total. The van der Waals surface area contributed by atoms with Gasteiger partial charge in [-0.15, -0.1) is 0 Å². The number of carbonyl (C=O) groups excluding carboxylic acids is 4. The Kier molecular flexibility index (Phi) is 5.32. The van der Waals surface area contributed by atoms with Crippen LogP contribution in [0.1, 0.15) is 35.3 Å². The average Bonchev–Trinajstić information content (AvgIpc) is 3.51. The first-order valence-electron chi connectivity index (χ1n) is 11.1. The van der Waals surface area contributed by atoms with Crippen LogP contribution in [0.2, 0.25) is 0 Å². The summed E-state index contributed by atoms with van der Waals surface area (Å²) < 4.78 is 5.17. The molecule has 7 heteroatoms. The van der Waals surface area contributed by atoms with Gasteiger partial charge in [0, 0.05) is 0 Å². The molecule has 1 saturated carbocycles. The molecule has 168 valence electrons. The maximum Gasteiger partial charge on any atom is 0.338 e. The van der Waals surface area contributed by atoms with Crippen LogP contribution in [0.15, 0.2) is 66.7 Å². The molecule has 1 heterocycles. The monoisotopic (exact) mass is 444 g/mol. The number of anilines is 1. The minimum atomic E-state index is -0.694. The van der Waals surface area contributed by atoms with E-state index in [2.05, 4.69) is 5.32 Å². The van der Waals surface area contributed by atoms with Crippen LogP contribution < -0.4 is 10.2 Å². The Balaban J connectivity index is 1.22. The van der Waals surface area contributed by atoms with E-state index in [0.29, 0.717) is 5.69 Å². The van der Waals surface area contributed by atoms with Crippen molar-refractivity contribution in [2.75, 3.05) is 11.5 Å². The standard InChI is InChI=1S/C26H24N2O5/c1-15(16-6-3-2-4-7-16)27-21(29)14-33-26(32)19-8-5-9-20(13-19)28-24(30)22-17-10-11-18(12-17)23(22)25(28)31/h2-11,13,15,17-18,22-23H,12,14H2,1H3,(H,27,29)/t15-,17-,18-,22-,23+/m0/s1. The topological polar surface area (TPSA) is 92.8 Å². The van der Waals surface area contributed by atoms with E-state index in [1.165, 1.54) is 17.0 Å². The fourth-order valence-corrected chi connectivity index (χ4v) is 5.25. The van der Waals surface area contributed by atoms with Crippen LogP contribution in [0.4, 0.5) is 5.69 Å². The minimum Gasteiger partial charge on any atom is -0.452 e. The predicted octanol–water partition coefficient (Wildman–Crippen LogP) is 3.03. The Labute approximate surface area is 191 Å². The Morgan fingerprint density at radius 3 is 2.33 bits per heavy atom. The summed E-state index contributed by atoms with van der Waals surface area (Å²) in [7, 11) is 0. The van der Waals surface area contributed by atoms with Crippen molar-refractivity contribution in [2.24, 2.45) is 23.7 Å². The van der Waals surface area contributed by atoms with Crippen LogP contribution in [0.3, 0.4) is 0 Å². The molecule has 5 rings (SSSR count). The van der Waals surface area contributed by atoms with Crippen LogP contribution in [0, 0.1) is 23.7 Å². The number of nitrogens with one attached hydrogen (secondary N) is 1. The zero-order valence-electron chi connectivity index (χ0n) is 18.1. The van der Waals surface area contributed by atoms with Gasteiger partial charge in [0.05, 0.1) is 29.1 Å². The van der Waals surface area contributed by atoms with Gasteiger partial charge < -0.3 is 10.1 Å². The smallest absolute Gasteiger partial charge is 0.338 e. The third-order valence-electron chi connectivity index (χ3n) is 6.82. The van der Waals surface area contributed by atoms with Crippen molar-refractivity contribution in [3.63, 3.8) is 0 Å². The third kappa shape index (κ3) is 3.73. The van der Waals surface area contributed by atoms with Crippen LogP contribution >= 0.6 is 0 Å². The summed E-state index contributed by atoms with van der Waals surface area (Å²) in [6.07, 6.45) is 4.94. The lowest BCUT2D eigenvalue weighted by Crippen LogP contribution is -2.33. The number of hydrogen-bond acceptors (Lipinski definition) is 5. The van der Waals surface area contributed by atoms with E-state index in [-0.39, 0.29) is 47.1 Å². The van der Waals surface area contributed by atoms with E-state index in [0.717, 1.165) is 12.0 Å². The second-order valence-electron chi connectivity index (χ2n) is 8.84. The van der Waals surface area contributed by atoms with Crippen molar-refractivity contribution in [3.05, 3.63) is 77.9 Å². The molecule has 0 aromatic heterocycles. The van der Waals surface area contributed by atoms with Gasteiger partial charge in [-0.2, -0.15) is 0 Å². The Morgan fingerprint density at radius 2 is 1.67 bits per heavy atom. The SMILES string of the molecule is C[C@H](NC(=O)COC(=O)c1cccc(N2C(=O)[C@@H]3[C@H](C2=O)[C@H]2C=C[C@H]3C2)c1)c1ccccc1. The van der Waals surface area contributed by atoms with Gasteiger partial charge in [-0.3, -0.25) is 14.4 Å². The molecule has 1 aliphatic heterocycles. The van der Waals surface area contributed by atoms with E-state index in [9.17, 15) is 19.2 Å². The van der Waals surface area contributed by atoms with Gasteiger partial charge in [0.2, 0.25) is 11.8 Å². The zero-order valence-corrected chi connectivity index (χ0v) is 18.1. The molecule has 2 aliphatic carbocycles. The summed E-state index contributed by atoms with van der Waals surface area (Å²) in [5.74, 6) is -1.91. The highest BCUT2D eigenvalue weighted by Gasteiger charge is 2.59. The molecule has 2 fully saturated rings. The Hall–Kier alpha value is -3.74. The van der Waals surface area contributed by atoms with Gasteiger partial charge in [-0.05, 0) is 48.9 Å². The van der Waals surface area contributed by atoms with Crippen LogP contribution in [-0.2, 0) is 19.1 Å². The second kappa shape index (κ2) is 8.31. The number of hydrogen-bond donors (Lipinski definition) is 1. The Morgan fingerprint density at radius 1 is 1.00 bits per heavy atom. The average molecular weight is 444 g/mol. The zero-order chi connectivity index (χ0) is 23.1. The molecule has 2 aromatic rings. The number of rotatable bonds is 6. The molecular weight excluding hydrogens is 420 g/mol. The van der Waals surface area contributed by atoms with Crippen molar-refractivity contribution in [1.82, 2.24) is 5.32 Å². The van der Waals surface area contributed by atoms with Crippen LogP contribution in [-0.4, -0.2) is 30.3 Å². The van der Waals surface area contributed by atoms with Crippen LogP contribution in [0.25, 0.3) is 0 Å². The van der Waals surface area contributed by atoms with E-state index < -0.39 is 18.5 Å². The largest absolute Gasteiger partial charge is 0.452 e. The van der Waals surface area contributed by atoms with Gasteiger partial charge in [0.15, 0.2) is 6.61 Å². The summed E-state index contributed by atoms with van der Waals surface area (Å²) in [6, 6.07) is 15.5. The number of carbonyl (C=O) groups is 4. The molecule has 0 radical (unpaired) electrons. The minimum absolute atomic E-state index is 0.117. The highest BCUT2D eigenvalue weighted by Crippen LogP contribution is 2.53. The highest BCUT2D eigenvalue weighted by atomic mass is 16.5. The number of imide groups is 1. The van der Waals surface area contributed by atoms with Gasteiger partial charge in [0.1, 0.15) is 0 Å². The lowest BCUT2D eigenvalue weighted by atomic mass is 9.85. The van der Waals surface area contributed by atoms with E-state index in [4.69, 9.17) is 4.74 Å². The molecular formula is C26H24N2O5. The summed E-state index contributed by atoms with van der Waals surface area (Å²) in [6.45, 7) is 1.42.